The molecule has 1 atom stereocenters. The van der Waals surface area contributed by atoms with E-state index >= 15 is 0 Å². The summed E-state index contributed by atoms with van der Waals surface area (Å²) in [5.74, 6) is 1.52. The summed E-state index contributed by atoms with van der Waals surface area (Å²) in [5, 5.41) is -0.237. The van der Waals surface area contributed by atoms with Gasteiger partial charge in [-0.15, -0.1) is 23.4 Å². The van der Waals surface area contributed by atoms with E-state index < -0.39 is 0 Å². The molecule has 1 heterocycles. The fourth-order valence-electron chi connectivity index (χ4n) is 2.32. The van der Waals surface area contributed by atoms with Crippen LogP contribution in [0, 0.1) is 0 Å². The Labute approximate surface area is 141 Å². The number of hydrogen-bond donors (Lipinski definition) is 0. The van der Waals surface area contributed by atoms with E-state index in [2.05, 4.69) is 34.3 Å². The summed E-state index contributed by atoms with van der Waals surface area (Å²) in [5.41, 5.74) is 2.09. The Bertz CT molecular complexity index is 663. The van der Waals surface area contributed by atoms with Gasteiger partial charge in [-0.3, -0.25) is 0 Å². The second-order valence-electron chi connectivity index (χ2n) is 4.62. The average Bonchev–Trinajstić information content (AvgIpc) is 2.53. The van der Waals surface area contributed by atoms with Crippen LogP contribution < -0.4 is 9.47 Å². The van der Waals surface area contributed by atoms with E-state index in [9.17, 15) is 0 Å². The van der Waals surface area contributed by atoms with Gasteiger partial charge < -0.3 is 9.47 Å². The minimum Gasteiger partial charge on any atom is -0.486 e. The van der Waals surface area contributed by atoms with E-state index in [0.717, 1.165) is 27.1 Å². The van der Waals surface area contributed by atoms with E-state index in [0.29, 0.717) is 13.2 Å². The van der Waals surface area contributed by atoms with Crippen LogP contribution in [0.15, 0.2) is 45.8 Å². The van der Waals surface area contributed by atoms with Gasteiger partial charge in [-0.2, -0.15) is 0 Å². The lowest BCUT2D eigenvalue weighted by molar-refractivity contribution is 0.171. The van der Waals surface area contributed by atoms with Crippen molar-refractivity contribution in [3.8, 4) is 11.5 Å². The predicted octanol–water partition coefficient (Wildman–Crippen LogP) is 5.27. The zero-order valence-corrected chi connectivity index (χ0v) is 14.6. The first kappa shape index (κ1) is 15.1. The molecule has 0 saturated heterocycles. The molecular weight excluding hydrogens is 372 g/mol. The number of halogens is 2. The SMILES string of the molecule is CSc1ccccc1C(Cl)c1cc2c(cc1Br)OCCO2. The van der Waals surface area contributed by atoms with Crippen LogP contribution in [0.25, 0.3) is 0 Å². The first-order valence-corrected chi connectivity index (χ1v) is 9.02. The van der Waals surface area contributed by atoms with E-state index in [1.54, 1.807) is 11.8 Å². The van der Waals surface area contributed by atoms with Gasteiger partial charge in [0, 0.05) is 9.37 Å². The van der Waals surface area contributed by atoms with Crippen molar-refractivity contribution in [3.63, 3.8) is 0 Å². The largest absolute Gasteiger partial charge is 0.486 e. The lowest BCUT2D eigenvalue weighted by Gasteiger charge is -2.22. The van der Waals surface area contributed by atoms with Crippen LogP contribution in [0.1, 0.15) is 16.5 Å². The lowest BCUT2D eigenvalue weighted by atomic mass is 10.0. The highest BCUT2D eigenvalue weighted by Gasteiger charge is 2.21. The highest BCUT2D eigenvalue weighted by atomic mass is 79.9. The molecule has 2 aromatic rings. The number of benzene rings is 2. The van der Waals surface area contributed by atoms with Crippen LogP contribution in [0.4, 0.5) is 0 Å². The Morgan fingerprint density at radius 2 is 1.76 bits per heavy atom. The zero-order valence-electron chi connectivity index (χ0n) is 11.4. The first-order valence-electron chi connectivity index (χ1n) is 6.56. The van der Waals surface area contributed by atoms with Crippen molar-refractivity contribution >= 4 is 39.3 Å². The third-order valence-corrected chi connectivity index (χ3v) is 5.32. The number of rotatable bonds is 3. The molecule has 0 radical (unpaired) electrons. The second-order valence-corrected chi connectivity index (χ2v) is 6.76. The molecule has 0 aromatic heterocycles. The molecule has 2 nitrogen and oxygen atoms in total. The molecule has 1 unspecified atom stereocenters. The van der Waals surface area contributed by atoms with Crippen molar-refractivity contribution in [1.29, 1.82) is 0 Å². The summed E-state index contributed by atoms with van der Waals surface area (Å²) < 4.78 is 12.2. The maximum atomic E-state index is 6.72. The second kappa shape index (κ2) is 6.51. The van der Waals surface area contributed by atoms with Gasteiger partial charge in [0.15, 0.2) is 11.5 Å². The van der Waals surface area contributed by atoms with E-state index in [1.807, 2.05) is 24.3 Å². The van der Waals surface area contributed by atoms with Crippen LogP contribution in [-0.4, -0.2) is 19.5 Å². The fourth-order valence-corrected chi connectivity index (χ4v) is 4.07. The van der Waals surface area contributed by atoms with Crippen molar-refractivity contribution in [3.05, 3.63) is 52.0 Å². The Balaban J connectivity index is 2.03. The minimum absolute atomic E-state index is 0.237. The summed E-state index contributed by atoms with van der Waals surface area (Å²) in [6.07, 6.45) is 2.06. The predicted molar refractivity (Wildman–Crippen MR) is 91.1 cm³/mol. The molecule has 0 bridgehead atoms. The van der Waals surface area contributed by atoms with E-state index in [-0.39, 0.29) is 5.38 Å². The molecule has 1 aliphatic heterocycles. The van der Waals surface area contributed by atoms with Crippen LogP contribution in [0.3, 0.4) is 0 Å². The Morgan fingerprint density at radius 1 is 1.10 bits per heavy atom. The molecule has 21 heavy (non-hydrogen) atoms. The minimum atomic E-state index is -0.237. The zero-order chi connectivity index (χ0) is 14.8. The Hall–Kier alpha value is -0.840. The van der Waals surface area contributed by atoms with Gasteiger partial charge in [-0.1, -0.05) is 34.1 Å². The molecule has 0 N–H and O–H groups in total. The number of thioether (sulfide) groups is 1. The van der Waals surface area contributed by atoms with Crippen LogP contribution in [-0.2, 0) is 0 Å². The topological polar surface area (TPSA) is 18.5 Å². The maximum Gasteiger partial charge on any atom is 0.162 e. The molecule has 0 aliphatic carbocycles. The van der Waals surface area contributed by atoms with Gasteiger partial charge in [0.2, 0.25) is 0 Å². The third-order valence-electron chi connectivity index (χ3n) is 3.35. The van der Waals surface area contributed by atoms with Crippen LogP contribution in [0.2, 0.25) is 0 Å². The van der Waals surface area contributed by atoms with Crippen molar-refractivity contribution in [2.24, 2.45) is 0 Å². The van der Waals surface area contributed by atoms with E-state index in [1.165, 1.54) is 4.90 Å². The third kappa shape index (κ3) is 3.03. The number of hydrogen-bond acceptors (Lipinski definition) is 3. The van der Waals surface area contributed by atoms with Gasteiger partial charge in [-0.05, 0) is 35.6 Å². The molecule has 0 fully saturated rings. The Kier molecular flexibility index (Phi) is 4.67. The summed E-state index contributed by atoms with van der Waals surface area (Å²) in [4.78, 5) is 1.18. The monoisotopic (exact) mass is 384 g/mol. The summed E-state index contributed by atoms with van der Waals surface area (Å²) in [7, 11) is 0. The number of fused-ring (bicyclic) bond motifs is 1. The average molecular weight is 386 g/mol. The molecule has 5 heteroatoms. The summed E-state index contributed by atoms with van der Waals surface area (Å²) in [6, 6.07) is 12.1. The molecule has 0 saturated carbocycles. The molecule has 0 amide bonds. The lowest BCUT2D eigenvalue weighted by Crippen LogP contribution is -2.15. The molecule has 0 spiro atoms. The number of ether oxygens (including phenoxy) is 2. The van der Waals surface area contributed by atoms with Crippen molar-refractivity contribution in [1.82, 2.24) is 0 Å². The highest BCUT2D eigenvalue weighted by molar-refractivity contribution is 9.10. The van der Waals surface area contributed by atoms with Crippen LogP contribution >= 0.6 is 39.3 Å². The molecular formula is C16H14BrClO2S. The Morgan fingerprint density at radius 3 is 2.48 bits per heavy atom. The molecule has 3 rings (SSSR count). The van der Waals surface area contributed by atoms with Gasteiger partial charge in [0.1, 0.15) is 13.2 Å². The summed E-state index contributed by atoms with van der Waals surface area (Å²) >= 11 is 12.0. The van der Waals surface area contributed by atoms with Crippen molar-refractivity contribution in [2.75, 3.05) is 19.5 Å². The molecule has 2 aromatic carbocycles. The van der Waals surface area contributed by atoms with E-state index in [4.69, 9.17) is 21.1 Å². The van der Waals surface area contributed by atoms with Gasteiger partial charge in [0.05, 0.1) is 5.38 Å². The van der Waals surface area contributed by atoms with Gasteiger partial charge in [-0.25, -0.2) is 0 Å². The molecule has 110 valence electrons. The normalized spacial score (nSPS) is 14.8. The molecule has 1 aliphatic rings. The van der Waals surface area contributed by atoms with Crippen LogP contribution in [0.5, 0.6) is 11.5 Å². The quantitative estimate of drug-likeness (QED) is 0.529. The van der Waals surface area contributed by atoms with Gasteiger partial charge >= 0.3 is 0 Å². The summed E-state index contributed by atoms with van der Waals surface area (Å²) in [6.45, 7) is 1.15. The highest BCUT2D eigenvalue weighted by Crippen LogP contribution is 2.43. The first-order chi connectivity index (χ1) is 10.2. The smallest absolute Gasteiger partial charge is 0.162 e. The van der Waals surface area contributed by atoms with Crippen molar-refractivity contribution in [2.45, 2.75) is 10.3 Å². The fraction of sp³-hybridized carbons (Fsp3) is 0.250. The van der Waals surface area contributed by atoms with Gasteiger partial charge in [0.25, 0.3) is 0 Å². The standard InChI is InChI=1S/C16H14BrClO2S/c1-21-15-5-3-2-4-10(15)16(18)11-8-13-14(9-12(11)17)20-7-6-19-13/h2-5,8-9,16H,6-7H2,1H3. The van der Waals surface area contributed by atoms with Crippen molar-refractivity contribution < 1.29 is 9.47 Å². The maximum absolute atomic E-state index is 6.72. The number of alkyl halides is 1.